The molecule has 122 valence electrons. The van der Waals surface area contributed by atoms with E-state index in [0.29, 0.717) is 6.54 Å². The van der Waals surface area contributed by atoms with Crippen LogP contribution in [0.3, 0.4) is 0 Å². The Kier molecular flexibility index (Phi) is 4.32. The van der Waals surface area contributed by atoms with E-state index in [2.05, 4.69) is 48.2 Å². The Bertz CT molecular complexity index is 617. The second kappa shape index (κ2) is 5.95. The molecule has 2 aliphatic rings. The van der Waals surface area contributed by atoms with E-state index < -0.39 is 10.0 Å². The molecule has 3 rings (SSSR count). The Balaban J connectivity index is 1.50. The summed E-state index contributed by atoms with van der Waals surface area (Å²) < 4.78 is 26.5. The van der Waals surface area contributed by atoms with Crippen molar-refractivity contribution in [2.45, 2.75) is 62.8 Å². The monoisotopic (exact) mass is 322 g/mol. The number of rotatable bonds is 8. The predicted octanol–water partition coefficient (Wildman–Crippen LogP) is 2.13. The highest BCUT2D eigenvalue weighted by atomic mass is 32.2. The summed E-state index contributed by atoms with van der Waals surface area (Å²) in [6.07, 6.45) is 4.98. The largest absolute Gasteiger partial charge is 0.307 e. The Hall–Kier alpha value is -0.910. The summed E-state index contributed by atoms with van der Waals surface area (Å²) in [5.41, 5.74) is 2.80. The highest BCUT2D eigenvalue weighted by molar-refractivity contribution is 7.90. The zero-order valence-electron chi connectivity index (χ0n) is 13.4. The van der Waals surface area contributed by atoms with Crippen LogP contribution in [0.2, 0.25) is 0 Å². The smallest absolute Gasteiger partial charge is 0.214 e. The third-order valence-corrected chi connectivity index (χ3v) is 6.54. The van der Waals surface area contributed by atoms with E-state index in [1.807, 2.05) is 0 Å². The molecule has 0 bridgehead atoms. The minimum absolute atomic E-state index is 0.137. The molecule has 0 unspecified atom stereocenters. The van der Waals surface area contributed by atoms with E-state index in [4.69, 9.17) is 0 Å². The number of nitrogens with one attached hydrogen (secondary N) is 2. The van der Waals surface area contributed by atoms with Gasteiger partial charge in [-0.25, -0.2) is 13.1 Å². The molecule has 2 aliphatic carbocycles. The average Bonchev–Trinajstić information content (AvgIpc) is 3.34. The van der Waals surface area contributed by atoms with Crippen LogP contribution in [0.1, 0.15) is 43.7 Å². The minimum Gasteiger partial charge on any atom is -0.307 e. The summed E-state index contributed by atoms with van der Waals surface area (Å²) >= 11 is 0. The minimum atomic E-state index is -3.07. The van der Waals surface area contributed by atoms with Gasteiger partial charge in [0.15, 0.2) is 0 Å². The lowest BCUT2D eigenvalue weighted by Crippen LogP contribution is -2.46. The van der Waals surface area contributed by atoms with Crippen LogP contribution in [0.15, 0.2) is 24.3 Å². The van der Waals surface area contributed by atoms with Gasteiger partial charge in [-0.3, -0.25) is 0 Å². The first kappa shape index (κ1) is 16.0. The van der Waals surface area contributed by atoms with Crippen molar-refractivity contribution >= 4 is 10.0 Å². The molecule has 0 saturated heterocycles. The molecule has 4 nitrogen and oxygen atoms in total. The summed E-state index contributed by atoms with van der Waals surface area (Å²) in [5.74, 6) is 0. The molecule has 5 heteroatoms. The second-order valence-electron chi connectivity index (χ2n) is 7.08. The maximum atomic E-state index is 11.9. The Morgan fingerprint density at radius 1 is 1.23 bits per heavy atom. The molecular weight excluding hydrogens is 296 g/mol. The van der Waals surface area contributed by atoms with Gasteiger partial charge < -0.3 is 5.32 Å². The van der Waals surface area contributed by atoms with Crippen LogP contribution in [0.5, 0.6) is 0 Å². The molecular formula is C17H26N2O2S. The van der Waals surface area contributed by atoms with E-state index in [1.165, 1.54) is 24.0 Å². The van der Waals surface area contributed by atoms with Crippen molar-refractivity contribution in [3.63, 3.8) is 0 Å². The lowest BCUT2D eigenvalue weighted by molar-refractivity contribution is 0.421. The van der Waals surface area contributed by atoms with Crippen molar-refractivity contribution in [2.24, 2.45) is 0 Å². The number of aryl methyl sites for hydroxylation is 1. The molecule has 0 aliphatic heterocycles. The lowest BCUT2D eigenvalue weighted by Gasteiger charge is -2.23. The fourth-order valence-corrected chi connectivity index (χ4v) is 4.41. The van der Waals surface area contributed by atoms with Crippen LogP contribution in [-0.4, -0.2) is 31.8 Å². The van der Waals surface area contributed by atoms with Crippen molar-refractivity contribution in [3.8, 4) is 0 Å². The van der Waals surface area contributed by atoms with Gasteiger partial charge in [-0.2, -0.15) is 0 Å². The zero-order valence-corrected chi connectivity index (χ0v) is 14.2. The number of hydrogen-bond acceptors (Lipinski definition) is 3. The summed E-state index contributed by atoms with van der Waals surface area (Å²) in [7, 11) is -3.07. The molecule has 0 heterocycles. The lowest BCUT2D eigenvalue weighted by atomic mass is 10.0. The van der Waals surface area contributed by atoms with E-state index >= 15 is 0 Å². The van der Waals surface area contributed by atoms with Crippen molar-refractivity contribution in [1.82, 2.24) is 10.0 Å². The van der Waals surface area contributed by atoms with Gasteiger partial charge in [0.1, 0.15) is 0 Å². The zero-order chi connectivity index (χ0) is 15.8. The SMILES string of the molecule is Cc1ccc(CC2(N[C@@H](C)CNS(=O)(=O)C3CC3)CC2)cc1. The molecule has 0 amide bonds. The first-order chi connectivity index (χ1) is 10.4. The van der Waals surface area contributed by atoms with Gasteiger partial charge in [0, 0.05) is 18.1 Å². The van der Waals surface area contributed by atoms with Gasteiger partial charge in [0.25, 0.3) is 0 Å². The third kappa shape index (κ3) is 4.09. The van der Waals surface area contributed by atoms with E-state index in [1.54, 1.807) is 0 Å². The first-order valence-corrected chi connectivity index (χ1v) is 9.75. The van der Waals surface area contributed by atoms with Crippen molar-refractivity contribution < 1.29 is 8.42 Å². The quantitative estimate of drug-likeness (QED) is 0.771. The van der Waals surface area contributed by atoms with Gasteiger partial charge in [0.05, 0.1) is 5.25 Å². The second-order valence-corrected chi connectivity index (χ2v) is 9.13. The third-order valence-electron chi connectivity index (χ3n) is 4.62. The number of sulfonamides is 1. The fraction of sp³-hybridized carbons (Fsp3) is 0.647. The molecule has 0 radical (unpaired) electrons. The standard InChI is InChI=1S/C17H26N2O2S/c1-13-3-5-15(6-4-13)11-17(9-10-17)19-14(2)12-18-22(20,21)16-7-8-16/h3-6,14,16,18-19H,7-12H2,1-2H3/t14-/m0/s1. The van der Waals surface area contributed by atoms with Crippen LogP contribution in [0, 0.1) is 6.92 Å². The van der Waals surface area contributed by atoms with Crippen LogP contribution in [0.4, 0.5) is 0 Å². The highest BCUT2D eigenvalue weighted by Crippen LogP contribution is 2.39. The summed E-state index contributed by atoms with van der Waals surface area (Å²) in [4.78, 5) is 0. The fourth-order valence-electron chi connectivity index (χ4n) is 2.93. The summed E-state index contributed by atoms with van der Waals surface area (Å²) in [6, 6.07) is 8.84. The van der Waals surface area contributed by atoms with Gasteiger partial charge in [0.2, 0.25) is 10.0 Å². The van der Waals surface area contributed by atoms with E-state index in [-0.39, 0.29) is 16.8 Å². The highest BCUT2D eigenvalue weighted by Gasteiger charge is 2.43. The van der Waals surface area contributed by atoms with Gasteiger partial charge >= 0.3 is 0 Å². The molecule has 1 aromatic carbocycles. The topological polar surface area (TPSA) is 58.2 Å². The van der Waals surface area contributed by atoms with Crippen molar-refractivity contribution in [1.29, 1.82) is 0 Å². The maximum absolute atomic E-state index is 11.9. The summed E-state index contributed by atoms with van der Waals surface area (Å²) in [5, 5.41) is 3.50. The molecule has 1 aromatic rings. The summed E-state index contributed by atoms with van der Waals surface area (Å²) in [6.45, 7) is 4.64. The molecule has 0 aromatic heterocycles. The first-order valence-electron chi connectivity index (χ1n) is 8.20. The Labute approximate surface area is 133 Å². The number of hydrogen-bond donors (Lipinski definition) is 2. The van der Waals surface area contributed by atoms with Crippen LogP contribution in [0.25, 0.3) is 0 Å². The van der Waals surface area contributed by atoms with E-state index in [9.17, 15) is 8.42 Å². The Morgan fingerprint density at radius 2 is 1.86 bits per heavy atom. The maximum Gasteiger partial charge on any atom is 0.214 e. The van der Waals surface area contributed by atoms with Gasteiger partial charge in [-0.05, 0) is 51.5 Å². The predicted molar refractivity (Wildman–Crippen MR) is 89.4 cm³/mol. The van der Waals surface area contributed by atoms with Crippen LogP contribution < -0.4 is 10.0 Å². The van der Waals surface area contributed by atoms with Gasteiger partial charge in [-0.1, -0.05) is 29.8 Å². The Morgan fingerprint density at radius 3 is 2.41 bits per heavy atom. The van der Waals surface area contributed by atoms with Gasteiger partial charge in [-0.15, -0.1) is 0 Å². The molecule has 22 heavy (non-hydrogen) atoms. The molecule has 1 atom stereocenters. The molecule has 2 saturated carbocycles. The molecule has 2 fully saturated rings. The van der Waals surface area contributed by atoms with Crippen molar-refractivity contribution in [2.75, 3.05) is 6.54 Å². The normalized spacial score (nSPS) is 21.5. The van der Waals surface area contributed by atoms with Crippen molar-refractivity contribution in [3.05, 3.63) is 35.4 Å². The molecule has 2 N–H and O–H groups in total. The molecule has 0 spiro atoms. The van der Waals surface area contributed by atoms with Crippen LogP contribution >= 0.6 is 0 Å². The average molecular weight is 322 g/mol. The van der Waals surface area contributed by atoms with Crippen LogP contribution in [-0.2, 0) is 16.4 Å². The number of benzene rings is 1. The van der Waals surface area contributed by atoms with E-state index in [0.717, 1.165) is 19.3 Å².